The van der Waals surface area contributed by atoms with Gasteiger partial charge in [-0.25, -0.2) is 4.79 Å². The quantitative estimate of drug-likeness (QED) is 0.318. The predicted molar refractivity (Wildman–Crippen MR) is 91.0 cm³/mol. The summed E-state index contributed by atoms with van der Waals surface area (Å²) < 4.78 is 0.603. The number of β-lactam (4-membered cyclic amide) rings is 1. The average Bonchev–Trinajstić information content (AvgIpc) is 2.45. The van der Waals surface area contributed by atoms with Gasteiger partial charge in [-0.05, 0) is 11.6 Å². The van der Waals surface area contributed by atoms with Gasteiger partial charge in [-0.1, -0.05) is 6.08 Å². The van der Waals surface area contributed by atoms with E-state index in [0.717, 1.165) is 0 Å². The molecule has 24 heavy (non-hydrogen) atoms. The highest BCUT2D eigenvalue weighted by molar-refractivity contribution is 8.00. The number of halogens is 2. The monoisotopic (exact) mass is 399 g/mol. The molecule has 0 radical (unpaired) electrons. The Balaban J connectivity index is 0.00000264. The molecule has 0 aliphatic carbocycles. The minimum atomic E-state index is -1.10. The molecule has 0 aromatic heterocycles. The Labute approximate surface area is 158 Å². The van der Waals surface area contributed by atoms with Crippen LogP contribution in [0.25, 0.3) is 0 Å². The van der Waals surface area contributed by atoms with Gasteiger partial charge in [-0.2, -0.15) is 0 Å². The summed E-state index contributed by atoms with van der Waals surface area (Å²) in [6, 6.07) is -0.606. The molecule has 2 aliphatic heterocycles. The summed E-state index contributed by atoms with van der Waals surface area (Å²) in [6.45, 7) is 1.38. The Morgan fingerprint density at radius 1 is 1.50 bits per heavy atom. The fourth-order valence-electron chi connectivity index (χ4n) is 2.51. The number of allylic oxidation sites excluding steroid dienone is 1. The second kappa shape index (κ2) is 9.07. The average molecular weight is 400 g/mol. The Bertz CT molecular complexity index is 554. The summed E-state index contributed by atoms with van der Waals surface area (Å²) in [7, 11) is 3.97. The standard InChI is InChI=1S/C14H21N3O4S.2ClH/c1-17(2,6-7-18)5-3-4-9-8-22-13-10(15)12(19)16(13)11(9)14(20)21;;/h3-4,10,13,18H,5-8,15H2,1-2H3;2*1H/t10-,13-;;/m1../s1. The van der Waals surface area contributed by atoms with E-state index in [-0.39, 0.29) is 48.4 Å². The minimum absolute atomic E-state index is 0. The van der Waals surface area contributed by atoms with Crippen LogP contribution in [0, 0.1) is 0 Å². The highest BCUT2D eigenvalue weighted by Gasteiger charge is 2.51. The Hall–Kier alpha value is -0.770. The third-order valence-electron chi connectivity index (χ3n) is 3.87. The molecule has 2 rings (SSSR count). The van der Waals surface area contributed by atoms with Gasteiger partial charge in [0.15, 0.2) is 0 Å². The van der Waals surface area contributed by atoms with Crippen molar-refractivity contribution in [3.8, 4) is 0 Å². The van der Waals surface area contributed by atoms with E-state index in [4.69, 9.17) is 10.8 Å². The smallest absolute Gasteiger partial charge is 0.352 e. The van der Waals surface area contributed by atoms with E-state index in [1.165, 1.54) is 16.7 Å². The number of hydrogen-bond donors (Lipinski definition) is 3. The van der Waals surface area contributed by atoms with Crippen molar-refractivity contribution in [2.24, 2.45) is 5.73 Å². The van der Waals surface area contributed by atoms with Crippen LogP contribution in [0.2, 0.25) is 0 Å². The van der Waals surface area contributed by atoms with Crippen LogP contribution in [-0.4, -0.2) is 82.4 Å². The number of nitrogens with two attached hydrogens (primary N) is 1. The van der Waals surface area contributed by atoms with Crippen LogP contribution in [0.15, 0.2) is 23.4 Å². The Morgan fingerprint density at radius 2 is 2.12 bits per heavy atom. The number of carboxylic acid groups (broad SMARTS) is 1. The molecule has 10 heteroatoms. The molecule has 2 atom stereocenters. The first kappa shape index (κ1) is 23.2. The lowest BCUT2D eigenvalue weighted by Gasteiger charge is -2.47. The Kier molecular flexibility index (Phi) is 8.78. The second-order valence-corrected chi connectivity index (χ2v) is 7.19. The van der Waals surface area contributed by atoms with Gasteiger partial charge in [-0.3, -0.25) is 9.69 Å². The summed E-state index contributed by atoms with van der Waals surface area (Å²) >= 11 is 1.48. The van der Waals surface area contributed by atoms with E-state index in [2.05, 4.69) is 0 Å². The number of fused-ring (bicyclic) bond motifs is 1. The molecule has 0 aromatic rings. The van der Waals surface area contributed by atoms with Crippen LogP contribution >= 0.6 is 24.2 Å². The fraction of sp³-hybridized carbons (Fsp3) is 0.571. The van der Waals surface area contributed by atoms with Gasteiger partial charge < -0.3 is 32.8 Å². The van der Waals surface area contributed by atoms with Crippen molar-refractivity contribution in [2.75, 3.05) is 39.5 Å². The maximum Gasteiger partial charge on any atom is 0.352 e. The highest BCUT2D eigenvalue weighted by atomic mass is 35.5. The zero-order chi connectivity index (χ0) is 16.5. The zero-order valence-corrected chi connectivity index (χ0v) is 15.9. The molecule has 0 spiro atoms. The topological polar surface area (TPSA) is 104 Å². The molecule has 0 unspecified atom stereocenters. The van der Waals surface area contributed by atoms with Crippen LogP contribution in [-0.2, 0) is 9.59 Å². The fourth-order valence-corrected chi connectivity index (χ4v) is 3.78. The van der Waals surface area contributed by atoms with Crippen LogP contribution in [0.1, 0.15) is 0 Å². The number of aliphatic hydroxyl groups excluding tert-OH is 1. The second-order valence-electron chi connectivity index (χ2n) is 6.08. The molecular formula is C14H23Cl2N3O4S. The summed E-state index contributed by atoms with van der Waals surface area (Å²) in [5, 5.41) is 18.1. The maximum absolute atomic E-state index is 11.8. The third-order valence-corrected chi connectivity index (χ3v) is 5.19. The molecule has 1 fully saturated rings. The van der Waals surface area contributed by atoms with E-state index >= 15 is 0 Å². The van der Waals surface area contributed by atoms with Crippen molar-refractivity contribution in [3.05, 3.63) is 23.4 Å². The number of quaternary nitrogens is 1. The molecule has 2 heterocycles. The van der Waals surface area contributed by atoms with E-state index in [9.17, 15) is 14.7 Å². The molecule has 7 nitrogen and oxygen atoms in total. The van der Waals surface area contributed by atoms with Gasteiger partial charge in [0.25, 0.3) is 0 Å². The molecule has 0 saturated carbocycles. The van der Waals surface area contributed by atoms with Crippen LogP contribution in [0.5, 0.6) is 0 Å². The SMILES string of the molecule is C[N+](C)(CC=CC1=C(C(=O)O)N2C(=O)[C@@H](N)[C@H]2SC1)CCO.Cl.[Cl-]. The van der Waals surface area contributed by atoms with Gasteiger partial charge >= 0.3 is 5.97 Å². The van der Waals surface area contributed by atoms with Crippen LogP contribution < -0.4 is 18.1 Å². The number of carbonyl (C=O) groups excluding carboxylic acids is 1. The van der Waals surface area contributed by atoms with Crippen molar-refractivity contribution in [1.29, 1.82) is 0 Å². The van der Waals surface area contributed by atoms with E-state index in [0.29, 0.717) is 28.9 Å². The van der Waals surface area contributed by atoms with Gasteiger partial charge in [0.2, 0.25) is 5.91 Å². The number of aliphatic hydroxyl groups is 1. The van der Waals surface area contributed by atoms with Crippen molar-refractivity contribution in [1.82, 2.24) is 4.90 Å². The number of nitrogens with zero attached hydrogens (tertiary/aromatic N) is 2. The maximum atomic E-state index is 11.8. The number of thioether (sulfide) groups is 1. The molecular weight excluding hydrogens is 377 g/mol. The van der Waals surface area contributed by atoms with E-state index < -0.39 is 12.0 Å². The highest BCUT2D eigenvalue weighted by Crippen LogP contribution is 2.39. The van der Waals surface area contributed by atoms with Crippen molar-refractivity contribution in [2.45, 2.75) is 11.4 Å². The van der Waals surface area contributed by atoms with Crippen molar-refractivity contribution >= 4 is 36.0 Å². The summed E-state index contributed by atoms with van der Waals surface area (Å²) in [5.41, 5.74) is 6.37. The molecule has 0 aromatic carbocycles. The largest absolute Gasteiger partial charge is 1.00 e. The number of rotatable bonds is 6. The van der Waals surface area contributed by atoms with Gasteiger partial charge in [-0.15, -0.1) is 24.2 Å². The first-order chi connectivity index (χ1) is 10.3. The van der Waals surface area contributed by atoms with Crippen molar-refractivity contribution in [3.63, 3.8) is 0 Å². The number of likely N-dealkylation sites (N-methyl/N-ethyl adjacent to an activating group) is 1. The molecule has 138 valence electrons. The first-order valence-corrected chi connectivity index (χ1v) is 8.09. The summed E-state index contributed by atoms with van der Waals surface area (Å²) in [5.74, 6) is -0.917. The van der Waals surface area contributed by atoms with E-state index in [1.54, 1.807) is 6.08 Å². The van der Waals surface area contributed by atoms with Gasteiger partial charge in [0.05, 0.1) is 27.2 Å². The number of carboxylic acids is 1. The molecule has 1 saturated heterocycles. The number of hydrogen-bond acceptors (Lipinski definition) is 5. The number of amides is 1. The third kappa shape index (κ3) is 4.65. The lowest BCUT2D eigenvalue weighted by atomic mass is 10.0. The first-order valence-electron chi connectivity index (χ1n) is 7.04. The number of aliphatic carboxylic acids is 1. The lowest BCUT2D eigenvalue weighted by molar-refractivity contribution is -0.884. The van der Waals surface area contributed by atoms with E-state index in [1.807, 2.05) is 20.2 Å². The van der Waals surface area contributed by atoms with Crippen LogP contribution in [0.3, 0.4) is 0 Å². The minimum Gasteiger partial charge on any atom is -1.00 e. The number of carbonyl (C=O) groups is 2. The van der Waals surface area contributed by atoms with Crippen molar-refractivity contribution < 1.29 is 36.7 Å². The zero-order valence-electron chi connectivity index (χ0n) is 13.5. The van der Waals surface area contributed by atoms with Crippen LogP contribution in [0.4, 0.5) is 0 Å². The molecule has 2 aliphatic rings. The molecule has 4 N–H and O–H groups in total. The summed E-state index contributed by atoms with van der Waals surface area (Å²) in [4.78, 5) is 24.6. The molecule has 1 amide bonds. The molecule has 0 bridgehead atoms. The summed E-state index contributed by atoms with van der Waals surface area (Å²) in [6.07, 6.45) is 3.65. The Morgan fingerprint density at radius 3 is 2.67 bits per heavy atom. The van der Waals surface area contributed by atoms with Gasteiger partial charge in [0, 0.05) is 5.75 Å². The van der Waals surface area contributed by atoms with Gasteiger partial charge in [0.1, 0.15) is 23.7 Å². The lowest BCUT2D eigenvalue weighted by Crippen LogP contribution is -3.00. The normalized spacial score (nSPS) is 23.3. The predicted octanol–water partition coefficient (Wildman–Crippen LogP) is -3.38.